The first-order valence-electron chi connectivity index (χ1n) is 14.3. The molecule has 6 rings (SSSR count). The minimum Gasteiger partial charge on any atom is -0.497 e. The van der Waals surface area contributed by atoms with Crippen LogP contribution in [0.1, 0.15) is 42.6 Å². The summed E-state index contributed by atoms with van der Waals surface area (Å²) in [7, 11) is 3.56. The predicted octanol–water partition coefficient (Wildman–Crippen LogP) is 2.81. The molecule has 0 bridgehead atoms. The van der Waals surface area contributed by atoms with Gasteiger partial charge in [0.1, 0.15) is 17.5 Å². The number of amides is 1. The highest BCUT2D eigenvalue weighted by atomic mass is 16.6. The van der Waals surface area contributed by atoms with Crippen LogP contribution in [0.4, 0.5) is 11.4 Å². The molecule has 11 nitrogen and oxygen atoms in total. The van der Waals surface area contributed by atoms with Gasteiger partial charge in [0.05, 0.1) is 24.6 Å². The van der Waals surface area contributed by atoms with Crippen molar-refractivity contribution in [3.8, 4) is 5.75 Å². The third-order valence-electron chi connectivity index (χ3n) is 10.1. The van der Waals surface area contributed by atoms with Gasteiger partial charge in [0.25, 0.3) is 11.6 Å². The van der Waals surface area contributed by atoms with Crippen LogP contribution in [0.25, 0.3) is 0 Å². The maximum atomic E-state index is 13.4. The molecule has 6 atom stereocenters. The van der Waals surface area contributed by atoms with Crippen molar-refractivity contribution in [3.63, 3.8) is 0 Å². The summed E-state index contributed by atoms with van der Waals surface area (Å²) in [5.74, 6) is -0.306. The summed E-state index contributed by atoms with van der Waals surface area (Å²) < 4.78 is 11.7. The van der Waals surface area contributed by atoms with Gasteiger partial charge >= 0.3 is 5.97 Å². The molecule has 2 aromatic rings. The van der Waals surface area contributed by atoms with Crippen LogP contribution in [0.15, 0.2) is 54.6 Å². The molecule has 0 aromatic heterocycles. The fourth-order valence-corrected chi connectivity index (χ4v) is 8.70. The Bertz CT molecular complexity index is 1480. The highest BCUT2D eigenvalue weighted by Gasteiger charge is 2.77. The van der Waals surface area contributed by atoms with Crippen LogP contribution in [0, 0.1) is 15.5 Å². The lowest BCUT2D eigenvalue weighted by Crippen LogP contribution is -2.81. The Balaban J connectivity index is 1.50. The number of likely N-dealkylation sites (N-methyl/N-ethyl adjacent to an activating group) is 1. The van der Waals surface area contributed by atoms with Gasteiger partial charge in [-0.15, -0.1) is 0 Å². The first-order chi connectivity index (χ1) is 20.0. The third kappa shape index (κ3) is 3.72. The normalized spacial score (nSPS) is 32.5. The topological polar surface area (TPSA) is 134 Å². The molecule has 2 fully saturated rings. The molecule has 2 aromatic carbocycles. The fourth-order valence-electron chi connectivity index (χ4n) is 8.70. The average molecular weight is 577 g/mol. The van der Waals surface area contributed by atoms with E-state index in [1.54, 1.807) is 7.11 Å². The number of hydrogen-bond acceptors (Lipinski definition) is 9. The standard InChI is InChI=1S/C31H36N4O7/c1-5-29-13-6-15-34-16-14-30(26(29)34)23-12-11-22(41-4)17-24(23)33(3)27(30)31(38,28(29)42-19(2)36)18-32-25(37)20-7-9-21(10-8-20)35(39)40/h6-13,17,26-28,38H,5,14-16,18H2,1-4H3,(H,32,37)/t26-,27+,28+,29+,30+,31-/m0/s1. The molecule has 1 aliphatic carbocycles. The molecule has 4 aliphatic rings. The van der Waals surface area contributed by atoms with E-state index in [4.69, 9.17) is 9.47 Å². The van der Waals surface area contributed by atoms with E-state index in [0.717, 1.165) is 30.8 Å². The Kier molecular flexibility index (Phi) is 6.58. The van der Waals surface area contributed by atoms with E-state index in [-0.39, 0.29) is 23.8 Å². The maximum absolute atomic E-state index is 13.4. The van der Waals surface area contributed by atoms with E-state index in [9.17, 15) is 24.8 Å². The van der Waals surface area contributed by atoms with Crippen molar-refractivity contribution < 1.29 is 29.1 Å². The second kappa shape index (κ2) is 9.81. The minimum atomic E-state index is -1.71. The number of carbonyl (C=O) groups excluding carboxylic acids is 2. The molecule has 2 N–H and O–H groups in total. The Morgan fingerprint density at radius 1 is 1.19 bits per heavy atom. The summed E-state index contributed by atoms with van der Waals surface area (Å²) >= 11 is 0. The highest BCUT2D eigenvalue weighted by Crippen LogP contribution is 2.67. The lowest BCUT2D eigenvalue weighted by atomic mass is 9.47. The maximum Gasteiger partial charge on any atom is 0.303 e. The number of ether oxygens (including phenoxy) is 2. The largest absolute Gasteiger partial charge is 0.497 e. The Morgan fingerprint density at radius 3 is 2.57 bits per heavy atom. The second-order valence-corrected chi connectivity index (χ2v) is 11.9. The first-order valence-corrected chi connectivity index (χ1v) is 14.3. The number of esters is 1. The van der Waals surface area contributed by atoms with Crippen LogP contribution in [-0.4, -0.2) is 84.4 Å². The minimum absolute atomic E-state index is 0.0582. The molecular weight excluding hydrogens is 540 g/mol. The molecule has 1 saturated heterocycles. The number of nitro benzene ring substituents is 1. The van der Waals surface area contributed by atoms with E-state index >= 15 is 0 Å². The van der Waals surface area contributed by atoms with Crippen LogP contribution < -0.4 is 15.0 Å². The monoisotopic (exact) mass is 576 g/mol. The molecule has 222 valence electrons. The van der Waals surface area contributed by atoms with Crippen LogP contribution in [0.5, 0.6) is 5.75 Å². The number of fused-ring (bicyclic) bond motifs is 1. The molecule has 42 heavy (non-hydrogen) atoms. The number of hydrogen-bond donors (Lipinski definition) is 2. The van der Waals surface area contributed by atoms with Crippen molar-refractivity contribution in [2.45, 2.75) is 55.9 Å². The number of nitro groups is 1. The van der Waals surface area contributed by atoms with Crippen molar-refractivity contribution in [1.82, 2.24) is 10.2 Å². The molecule has 1 spiro atoms. The van der Waals surface area contributed by atoms with Crippen molar-refractivity contribution in [2.75, 3.05) is 38.7 Å². The van der Waals surface area contributed by atoms with Gasteiger partial charge in [-0.3, -0.25) is 24.6 Å². The Hall–Kier alpha value is -3.96. The number of aliphatic hydroxyl groups is 1. The zero-order valence-electron chi connectivity index (χ0n) is 24.2. The summed E-state index contributed by atoms with van der Waals surface area (Å²) in [5, 5.41) is 27.1. The molecule has 1 saturated carbocycles. The van der Waals surface area contributed by atoms with E-state index in [2.05, 4.69) is 40.3 Å². The molecule has 0 radical (unpaired) electrons. The van der Waals surface area contributed by atoms with E-state index < -0.39 is 45.4 Å². The van der Waals surface area contributed by atoms with Gasteiger partial charge in [-0.25, -0.2) is 0 Å². The highest BCUT2D eigenvalue weighted by molar-refractivity contribution is 5.94. The van der Waals surface area contributed by atoms with Gasteiger partial charge in [-0.1, -0.05) is 25.1 Å². The number of methoxy groups -OCH3 is 1. The summed E-state index contributed by atoms with van der Waals surface area (Å²) in [6.45, 7) is 4.77. The summed E-state index contributed by atoms with van der Waals surface area (Å²) in [6, 6.07) is 10.7. The number of nitrogens with one attached hydrogen (secondary N) is 1. The fraction of sp³-hybridized carbons (Fsp3) is 0.484. The summed E-state index contributed by atoms with van der Waals surface area (Å²) in [5.41, 5.74) is -0.831. The van der Waals surface area contributed by atoms with Gasteiger partial charge in [-0.05, 0) is 43.1 Å². The zero-order chi connectivity index (χ0) is 30.0. The smallest absolute Gasteiger partial charge is 0.303 e. The number of carbonyl (C=O) groups is 2. The molecule has 11 heteroatoms. The predicted molar refractivity (Wildman–Crippen MR) is 155 cm³/mol. The van der Waals surface area contributed by atoms with Crippen LogP contribution in [-0.2, 0) is 14.9 Å². The number of non-ortho nitro benzene ring substituents is 1. The summed E-state index contributed by atoms with van der Waals surface area (Å²) in [4.78, 5) is 41.1. The number of benzene rings is 2. The molecule has 1 amide bonds. The lowest BCUT2D eigenvalue weighted by molar-refractivity contribution is -0.384. The summed E-state index contributed by atoms with van der Waals surface area (Å²) in [6.07, 6.45) is 4.63. The van der Waals surface area contributed by atoms with Gasteiger partial charge < -0.3 is 24.8 Å². The van der Waals surface area contributed by atoms with Crippen molar-refractivity contribution in [2.24, 2.45) is 5.41 Å². The average Bonchev–Trinajstić information content (AvgIpc) is 3.50. The Morgan fingerprint density at radius 2 is 1.93 bits per heavy atom. The molecule has 3 heterocycles. The molecule has 0 unspecified atom stereocenters. The SMILES string of the molecule is CC[C@]12C=CCN3CC[C@@]4(c5ccc(OC)cc5N(C)[C@H]4[C@@](O)(CNC(=O)c4ccc([N+](=O)[O-])cc4)[C@@H]1OC(C)=O)[C@@H]32. The van der Waals surface area contributed by atoms with Gasteiger partial charge in [-0.2, -0.15) is 0 Å². The lowest BCUT2D eigenvalue weighted by Gasteiger charge is -2.64. The van der Waals surface area contributed by atoms with E-state index in [1.165, 1.54) is 31.2 Å². The van der Waals surface area contributed by atoms with E-state index in [0.29, 0.717) is 12.2 Å². The van der Waals surface area contributed by atoms with Gasteiger partial charge in [0, 0.05) is 66.8 Å². The Labute approximate surface area is 244 Å². The van der Waals surface area contributed by atoms with Crippen LogP contribution in [0.3, 0.4) is 0 Å². The number of rotatable bonds is 7. The third-order valence-corrected chi connectivity index (χ3v) is 10.1. The van der Waals surface area contributed by atoms with Crippen molar-refractivity contribution in [1.29, 1.82) is 0 Å². The molecule has 3 aliphatic heterocycles. The second-order valence-electron chi connectivity index (χ2n) is 11.9. The van der Waals surface area contributed by atoms with Crippen molar-refractivity contribution in [3.05, 3.63) is 75.9 Å². The number of anilines is 1. The van der Waals surface area contributed by atoms with Crippen LogP contribution in [0.2, 0.25) is 0 Å². The molecular formula is C31H36N4O7. The van der Waals surface area contributed by atoms with Crippen molar-refractivity contribution >= 4 is 23.3 Å². The van der Waals surface area contributed by atoms with Crippen LogP contribution >= 0.6 is 0 Å². The van der Waals surface area contributed by atoms with Gasteiger partial charge in [0.2, 0.25) is 0 Å². The van der Waals surface area contributed by atoms with Gasteiger partial charge in [0.15, 0.2) is 0 Å². The quantitative estimate of drug-likeness (QED) is 0.221. The zero-order valence-corrected chi connectivity index (χ0v) is 24.2. The first kappa shape index (κ1) is 28.2. The number of nitrogens with zero attached hydrogens (tertiary/aromatic N) is 3. The van der Waals surface area contributed by atoms with E-state index in [1.807, 2.05) is 19.2 Å².